The quantitative estimate of drug-likeness (QED) is 0.800. The topological polar surface area (TPSA) is 58.2 Å². The maximum atomic E-state index is 13.5. The van der Waals surface area contributed by atoms with Gasteiger partial charge in [0.05, 0.1) is 22.4 Å². The van der Waals surface area contributed by atoms with E-state index in [2.05, 4.69) is 10.6 Å². The second-order valence-electron chi connectivity index (χ2n) is 3.79. The van der Waals surface area contributed by atoms with Crippen LogP contribution in [0.1, 0.15) is 0 Å². The van der Waals surface area contributed by atoms with Gasteiger partial charge in [-0.15, -0.1) is 0 Å². The van der Waals surface area contributed by atoms with Crippen molar-refractivity contribution in [2.75, 3.05) is 24.7 Å². The normalized spacial score (nSPS) is 22.2. The van der Waals surface area contributed by atoms with Crippen molar-refractivity contribution in [1.29, 1.82) is 0 Å². The SMILES string of the molecule is CNCC1CS(=O)(=O)c2cccc(F)c2N1. The molecule has 0 saturated heterocycles. The summed E-state index contributed by atoms with van der Waals surface area (Å²) in [5.74, 6) is -0.536. The number of fused-ring (bicyclic) bond motifs is 1. The molecule has 1 unspecified atom stereocenters. The molecule has 1 aromatic rings. The van der Waals surface area contributed by atoms with E-state index in [0.29, 0.717) is 6.54 Å². The molecule has 2 N–H and O–H groups in total. The van der Waals surface area contributed by atoms with Gasteiger partial charge in [0, 0.05) is 6.54 Å². The van der Waals surface area contributed by atoms with Gasteiger partial charge in [-0.05, 0) is 19.2 Å². The lowest BCUT2D eigenvalue weighted by Gasteiger charge is -2.26. The molecule has 4 nitrogen and oxygen atoms in total. The standard InChI is InChI=1S/C10H13FN2O2S/c1-12-5-7-6-16(14,15)9-4-2-3-8(11)10(9)13-7/h2-4,7,12-13H,5-6H2,1H3. The van der Waals surface area contributed by atoms with Gasteiger partial charge in [0.1, 0.15) is 5.82 Å². The van der Waals surface area contributed by atoms with Crippen molar-refractivity contribution < 1.29 is 12.8 Å². The molecule has 0 fully saturated rings. The zero-order valence-electron chi connectivity index (χ0n) is 8.83. The Labute approximate surface area is 93.8 Å². The first-order chi connectivity index (χ1) is 7.54. The molecule has 0 amide bonds. The molecule has 0 saturated carbocycles. The molecule has 1 atom stereocenters. The molecule has 1 aromatic carbocycles. The van der Waals surface area contributed by atoms with Gasteiger partial charge in [-0.3, -0.25) is 0 Å². The fraction of sp³-hybridized carbons (Fsp3) is 0.400. The number of nitrogens with one attached hydrogen (secondary N) is 2. The van der Waals surface area contributed by atoms with E-state index in [4.69, 9.17) is 0 Å². The van der Waals surface area contributed by atoms with E-state index < -0.39 is 15.7 Å². The summed E-state index contributed by atoms with van der Waals surface area (Å²) in [6, 6.07) is 3.80. The summed E-state index contributed by atoms with van der Waals surface area (Å²) in [6.45, 7) is 0.479. The van der Waals surface area contributed by atoms with Crippen LogP contribution in [0.2, 0.25) is 0 Å². The summed E-state index contributed by atoms with van der Waals surface area (Å²) < 4.78 is 37.2. The maximum absolute atomic E-state index is 13.5. The molecule has 0 bridgehead atoms. The van der Waals surface area contributed by atoms with Crippen molar-refractivity contribution in [3.05, 3.63) is 24.0 Å². The van der Waals surface area contributed by atoms with Gasteiger partial charge in [-0.1, -0.05) is 6.07 Å². The van der Waals surface area contributed by atoms with Gasteiger partial charge in [-0.25, -0.2) is 12.8 Å². The van der Waals surface area contributed by atoms with Crippen LogP contribution in [0.15, 0.2) is 23.1 Å². The first-order valence-corrected chi connectivity index (χ1v) is 6.62. The van der Waals surface area contributed by atoms with Gasteiger partial charge in [0.15, 0.2) is 9.84 Å². The van der Waals surface area contributed by atoms with Crippen LogP contribution in [-0.2, 0) is 9.84 Å². The summed E-state index contributed by atoms with van der Waals surface area (Å²) in [5, 5.41) is 5.78. The predicted octanol–water partition coefficient (Wildman–Crippen LogP) is 0.613. The minimum atomic E-state index is -3.38. The van der Waals surface area contributed by atoms with E-state index in [1.54, 1.807) is 7.05 Å². The van der Waals surface area contributed by atoms with Crippen LogP contribution in [0, 0.1) is 5.82 Å². The zero-order valence-corrected chi connectivity index (χ0v) is 9.64. The van der Waals surface area contributed by atoms with Crippen LogP contribution >= 0.6 is 0 Å². The highest BCUT2D eigenvalue weighted by atomic mass is 32.2. The Morgan fingerprint density at radius 3 is 3.00 bits per heavy atom. The van der Waals surface area contributed by atoms with Crippen molar-refractivity contribution in [2.45, 2.75) is 10.9 Å². The molecule has 16 heavy (non-hydrogen) atoms. The molecule has 2 rings (SSSR count). The highest BCUT2D eigenvalue weighted by Crippen LogP contribution is 2.30. The molecule has 0 radical (unpaired) electrons. The van der Waals surface area contributed by atoms with Crippen LogP contribution in [0.3, 0.4) is 0 Å². The van der Waals surface area contributed by atoms with E-state index in [1.807, 2.05) is 0 Å². The maximum Gasteiger partial charge on any atom is 0.182 e. The van der Waals surface area contributed by atoms with E-state index in [9.17, 15) is 12.8 Å². The molecule has 1 aliphatic rings. The number of anilines is 1. The molecule has 1 aliphatic heterocycles. The lowest BCUT2D eigenvalue weighted by atomic mass is 10.2. The molecule has 0 spiro atoms. The Kier molecular flexibility index (Phi) is 2.86. The van der Waals surface area contributed by atoms with E-state index in [1.165, 1.54) is 18.2 Å². The van der Waals surface area contributed by atoms with Crippen LogP contribution in [0.4, 0.5) is 10.1 Å². The molecule has 0 aliphatic carbocycles. The average Bonchev–Trinajstić information content (AvgIpc) is 2.19. The number of hydrogen-bond donors (Lipinski definition) is 2. The lowest BCUT2D eigenvalue weighted by molar-refractivity contribution is 0.571. The van der Waals surface area contributed by atoms with Crippen LogP contribution in [0.25, 0.3) is 0 Å². The van der Waals surface area contributed by atoms with Crippen molar-refractivity contribution in [1.82, 2.24) is 5.32 Å². The third kappa shape index (κ3) is 1.90. The molecule has 6 heteroatoms. The van der Waals surface area contributed by atoms with Crippen molar-refractivity contribution in [2.24, 2.45) is 0 Å². The predicted molar refractivity (Wildman–Crippen MR) is 59.8 cm³/mol. The Morgan fingerprint density at radius 2 is 2.31 bits per heavy atom. The zero-order chi connectivity index (χ0) is 11.8. The van der Waals surface area contributed by atoms with Crippen LogP contribution in [-0.4, -0.2) is 33.8 Å². The fourth-order valence-corrected chi connectivity index (χ4v) is 3.52. The third-order valence-corrected chi connectivity index (χ3v) is 4.38. The number of sulfone groups is 1. The molecule has 0 aromatic heterocycles. The van der Waals surface area contributed by atoms with Crippen LogP contribution in [0.5, 0.6) is 0 Å². The smallest absolute Gasteiger partial charge is 0.182 e. The first-order valence-electron chi connectivity index (χ1n) is 4.97. The van der Waals surface area contributed by atoms with Gasteiger partial charge < -0.3 is 10.6 Å². The number of halogens is 1. The first kappa shape index (κ1) is 11.3. The minimum absolute atomic E-state index is 0.00963. The summed E-state index contributed by atoms with van der Waals surface area (Å²) in [6.07, 6.45) is 0. The molecule has 88 valence electrons. The Bertz CT molecular complexity index is 502. The number of rotatable bonds is 2. The Balaban J connectivity index is 2.48. The summed E-state index contributed by atoms with van der Waals surface area (Å²) in [5.41, 5.74) is 0.0917. The van der Waals surface area contributed by atoms with Crippen LogP contribution < -0.4 is 10.6 Å². The molecular formula is C10H13FN2O2S. The van der Waals surface area contributed by atoms with Gasteiger partial charge in [0.25, 0.3) is 0 Å². The average molecular weight is 244 g/mol. The largest absolute Gasteiger partial charge is 0.377 e. The summed E-state index contributed by atoms with van der Waals surface area (Å²) in [7, 11) is -1.65. The van der Waals surface area contributed by atoms with Crippen molar-refractivity contribution in [3.63, 3.8) is 0 Å². The van der Waals surface area contributed by atoms with Crippen molar-refractivity contribution in [3.8, 4) is 0 Å². The number of hydrogen-bond acceptors (Lipinski definition) is 4. The highest BCUT2D eigenvalue weighted by Gasteiger charge is 2.31. The Morgan fingerprint density at radius 1 is 1.56 bits per heavy atom. The minimum Gasteiger partial charge on any atom is -0.377 e. The highest BCUT2D eigenvalue weighted by molar-refractivity contribution is 7.91. The number of benzene rings is 1. The van der Waals surface area contributed by atoms with Gasteiger partial charge in [0.2, 0.25) is 0 Å². The molecular weight excluding hydrogens is 231 g/mol. The summed E-state index contributed by atoms with van der Waals surface area (Å²) in [4.78, 5) is 0.0554. The summed E-state index contributed by atoms with van der Waals surface area (Å²) >= 11 is 0. The third-order valence-electron chi connectivity index (χ3n) is 2.53. The second-order valence-corrected chi connectivity index (χ2v) is 5.80. The van der Waals surface area contributed by atoms with Crippen molar-refractivity contribution >= 4 is 15.5 Å². The fourth-order valence-electron chi connectivity index (χ4n) is 1.86. The lowest BCUT2D eigenvalue weighted by Crippen LogP contribution is -2.41. The monoisotopic (exact) mass is 244 g/mol. The van der Waals surface area contributed by atoms with Gasteiger partial charge in [-0.2, -0.15) is 0 Å². The number of para-hydroxylation sites is 1. The van der Waals surface area contributed by atoms with E-state index >= 15 is 0 Å². The van der Waals surface area contributed by atoms with E-state index in [-0.39, 0.29) is 22.4 Å². The second kappa shape index (κ2) is 4.03. The van der Waals surface area contributed by atoms with Gasteiger partial charge >= 0.3 is 0 Å². The molecule has 1 heterocycles. The Hall–Kier alpha value is -1.14. The van der Waals surface area contributed by atoms with E-state index in [0.717, 1.165) is 0 Å². The number of likely N-dealkylation sites (N-methyl/N-ethyl adjacent to an activating group) is 1.